The molecular formula is C19H30N2. The van der Waals surface area contributed by atoms with Crippen molar-refractivity contribution in [3.05, 3.63) is 35.9 Å². The van der Waals surface area contributed by atoms with Crippen molar-refractivity contribution in [3.8, 4) is 0 Å². The normalized spacial score (nSPS) is 28.3. The summed E-state index contributed by atoms with van der Waals surface area (Å²) in [5.41, 5.74) is 1.78. The molecule has 2 heteroatoms. The molecule has 21 heavy (non-hydrogen) atoms. The van der Waals surface area contributed by atoms with Crippen molar-refractivity contribution in [3.63, 3.8) is 0 Å². The van der Waals surface area contributed by atoms with E-state index in [2.05, 4.69) is 61.4 Å². The zero-order valence-corrected chi connectivity index (χ0v) is 13.8. The third kappa shape index (κ3) is 3.02. The number of likely N-dealkylation sites (N-methyl/N-ethyl adjacent to an activating group) is 1. The standard InChI is InChI=1S/C19H30N2/c1-19(2,21-12-8-5-9-13-21)18(20-3)17-14-16(17)15-10-6-4-7-11-15/h4,6-7,10-11,16-18,20H,5,8-9,12-14H2,1-3H3. The second-order valence-electron chi connectivity index (χ2n) is 7.38. The Kier molecular flexibility index (Phi) is 4.37. The maximum absolute atomic E-state index is 3.66. The lowest BCUT2D eigenvalue weighted by atomic mass is 9.86. The van der Waals surface area contributed by atoms with Crippen molar-refractivity contribution >= 4 is 0 Å². The molecule has 0 amide bonds. The fourth-order valence-corrected chi connectivity index (χ4v) is 4.42. The topological polar surface area (TPSA) is 15.3 Å². The summed E-state index contributed by atoms with van der Waals surface area (Å²) < 4.78 is 0. The third-order valence-electron chi connectivity index (χ3n) is 5.74. The van der Waals surface area contributed by atoms with E-state index in [1.54, 1.807) is 0 Å². The van der Waals surface area contributed by atoms with Crippen molar-refractivity contribution in [1.29, 1.82) is 0 Å². The van der Waals surface area contributed by atoms with Gasteiger partial charge in [0, 0.05) is 11.6 Å². The molecule has 116 valence electrons. The average molecular weight is 286 g/mol. The van der Waals surface area contributed by atoms with Crippen LogP contribution in [0.1, 0.15) is 51.0 Å². The summed E-state index contributed by atoms with van der Waals surface area (Å²) in [5.74, 6) is 1.54. The van der Waals surface area contributed by atoms with Crippen LogP contribution < -0.4 is 5.32 Å². The number of hydrogen-bond acceptors (Lipinski definition) is 2. The van der Waals surface area contributed by atoms with Gasteiger partial charge in [0.05, 0.1) is 0 Å². The van der Waals surface area contributed by atoms with Crippen molar-refractivity contribution in [2.45, 2.75) is 57.0 Å². The lowest BCUT2D eigenvalue weighted by Crippen LogP contribution is -2.59. The zero-order chi connectivity index (χ0) is 14.9. The van der Waals surface area contributed by atoms with Gasteiger partial charge in [0.25, 0.3) is 0 Å². The van der Waals surface area contributed by atoms with Crippen LogP contribution in [0.15, 0.2) is 30.3 Å². The smallest absolute Gasteiger partial charge is 0.0309 e. The molecule has 0 bridgehead atoms. The third-order valence-corrected chi connectivity index (χ3v) is 5.74. The van der Waals surface area contributed by atoms with E-state index in [0.717, 1.165) is 11.8 Å². The van der Waals surface area contributed by atoms with Crippen LogP contribution in [0.3, 0.4) is 0 Å². The molecule has 1 heterocycles. The van der Waals surface area contributed by atoms with Crippen molar-refractivity contribution in [2.75, 3.05) is 20.1 Å². The average Bonchev–Trinajstić information content (AvgIpc) is 3.30. The Hall–Kier alpha value is -0.860. The van der Waals surface area contributed by atoms with Gasteiger partial charge in [-0.3, -0.25) is 4.90 Å². The highest BCUT2D eigenvalue weighted by molar-refractivity contribution is 5.27. The summed E-state index contributed by atoms with van der Waals surface area (Å²) >= 11 is 0. The number of likely N-dealkylation sites (tertiary alicyclic amines) is 1. The zero-order valence-electron chi connectivity index (χ0n) is 13.8. The predicted molar refractivity (Wildman–Crippen MR) is 89.6 cm³/mol. The van der Waals surface area contributed by atoms with Gasteiger partial charge in [-0.15, -0.1) is 0 Å². The van der Waals surface area contributed by atoms with E-state index in [0.29, 0.717) is 6.04 Å². The van der Waals surface area contributed by atoms with E-state index in [1.807, 2.05) is 0 Å². The van der Waals surface area contributed by atoms with E-state index < -0.39 is 0 Å². The Morgan fingerprint density at radius 2 is 1.76 bits per heavy atom. The molecule has 2 aliphatic rings. The van der Waals surface area contributed by atoms with Gasteiger partial charge in [0.15, 0.2) is 0 Å². The van der Waals surface area contributed by atoms with Gasteiger partial charge in [-0.05, 0) is 70.6 Å². The molecule has 3 rings (SSSR count). The Morgan fingerprint density at radius 3 is 2.38 bits per heavy atom. The Morgan fingerprint density at radius 1 is 1.10 bits per heavy atom. The minimum Gasteiger partial charge on any atom is -0.315 e. The highest BCUT2D eigenvalue weighted by Gasteiger charge is 2.50. The van der Waals surface area contributed by atoms with E-state index in [-0.39, 0.29) is 5.54 Å². The molecule has 0 spiro atoms. The van der Waals surface area contributed by atoms with Crippen LogP contribution in [-0.2, 0) is 0 Å². The van der Waals surface area contributed by atoms with Crippen molar-refractivity contribution < 1.29 is 0 Å². The predicted octanol–water partition coefficient (Wildman–Crippen LogP) is 3.64. The number of nitrogens with zero attached hydrogens (tertiary/aromatic N) is 1. The van der Waals surface area contributed by atoms with Crippen LogP contribution in [-0.4, -0.2) is 36.6 Å². The molecule has 0 radical (unpaired) electrons. The van der Waals surface area contributed by atoms with Crippen LogP contribution in [0.2, 0.25) is 0 Å². The lowest BCUT2D eigenvalue weighted by molar-refractivity contribution is 0.0558. The first-order chi connectivity index (χ1) is 10.1. The summed E-state index contributed by atoms with van der Waals surface area (Å²) in [6, 6.07) is 11.6. The largest absolute Gasteiger partial charge is 0.315 e. The maximum Gasteiger partial charge on any atom is 0.0309 e. The van der Waals surface area contributed by atoms with Gasteiger partial charge in [0.1, 0.15) is 0 Å². The van der Waals surface area contributed by atoms with Crippen molar-refractivity contribution in [1.82, 2.24) is 10.2 Å². The minimum absolute atomic E-state index is 0.253. The highest BCUT2D eigenvalue weighted by atomic mass is 15.2. The fraction of sp³-hybridized carbons (Fsp3) is 0.684. The molecule has 1 saturated carbocycles. The Labute approximate surface area is 129 Å². The van der Waals surface area contributed by atoms with Gasteiger partial charge < -0.3 is 5.32 Å². The maximum atomic E-state index is 3.66. The molecule has 1 aliphatic heterocycles. The highest BCUT2D eigenvalue weighted by Crippen LogP contribution is 2.52. The quantitative estimate of drug-likeness (QED) is 0.889. The number of nitrogens with one attached hydrogen (secondary N) is 1. The summed E-state index contributed by atoms with van der Waals surface area (Å²) in [5, 5.41) is 3.66. The van der Waals surface area contributed by atoms with Crippen LogP contribution in [0.5, 0.6) is 0 Å². The Balaban J connectivity index is 1.70. The first-order valence-electron chi connectivity index (χ1n) is 8.62. The van der Waals surface area contributed by atoms with Crippen LogP contribution in [0.25, 0.3) is 0 Å². The summed E-state index contributed by atoms with van der Waals surface area (Å²) in [6.07, 6.45) is 5.49. The monoisotopic (exact) mass is 286 g/mol. The molecular weight excluding hydrogens is 256 g/mol. The first-order valence-corrected chi connectivity index (χ1v) is 8.62. The van der Waals surface area contributed by atoms with Crippen LogP contribution in [0, 0.1) is 5.92 Å². The van der Waals surface area contributed by atoms with E-state index in [9.17, 15) is 0 Å². The molecule has 3 atom stereocenters. The fourth-order valence-electron chi connectivity index (χ4n) is 4.42. The number of piperidine rings is 1. The SMILES string of the molecule is CNC(C1CC1c1ccccc1)C(C)(C)N1CCCCC1. The van der Waals surface area contributed by atoms with Gasteiger partial charge >= 0.3 is 0 Å². The van der Waals surface area contributed by atoms with Gasteiger partial charge in [0.2, 0.25) is 0 Å². The molecule has 2 nitrogen and oxygen atoms in total. The molecule has 3 unspecified atom stereocenters. The molecule has 1 saturated heterocycles. The summed E-state index contributed by atoms with van der Waals surface area (Å²) in [6.45, 7) is 7.43. The van der Waals surface area contributed by atoms with Gasteiger partial charge in [-0.25, -0.2) is 0 Å². The first kappa shape index (κ1) is 15.1. The molecule has 1 aromatic rings. The van der Waals surface area contributed by atoms with Gasteiger partial charge in [-0.2, -0.15) is 0 Å². The number of hydrogen-bond donors (Lipinski definition) is 1. The molecule has 1 aromatic carbocycles. The van der Waals surface area contributed by atoms with E-state index >= 15 is 0 Å². The second-order valence-corrected chi connectivity index (χ2v) is 7.38. The second kappa shape index (κ2) is 6.10. The molecule has 0 aromatic heterocycles. The van der Waals surface area contributed by atoms with E-state index in [1.165, 1.54) is 44.3 Å². The van der Waals surface area contributed by atoms with Crippen LogP contribution >= 0.6 is 0 Å². The molecule has 1 N–H and O–H groups in total. The summed E-state index contributed by atoms with van der Waals surface area (Å²) in [4.78, 5) is 2.72. The Bertz CT molecular complexity index is 448. The molecule has 2 fully saturated rings. The van der Waals surface area contributed by atoms with Gasteiger partial charge in [-0.1, -0.05) is 36.8 Å². The van der Waals surface area contributed by atoms with Crippen molar-refractivity contribution in [2.24, 2.45) is 5.92 Å². The summed E-state index contributed by atoms with van der Waals surface area (Å²) in [7, 11) is 2.15. The number of benzene rings is 1. The van der Waals surface area contributed by atoms with E-state index in [4.69, 9.17) is 0 Å². The van der Waals surface area contributed by atoms with Crippen LogP contribution in [0.4, 0.5) is 0 Å². The lowest BCUT2D eigenvalue weighted by Gasteiger charge is -2.46. The minimum atomic E-state index is 0.253. The number of rotatable bonds is 5. The molecule has 1 aliphatic carbocycles.